The summed E-state index contributed by atoms with van der Waals surface area (Å²) in [5, 5.41) is 15.4. The summed E-state index contributed by atoms with van der Waals surface area (Å²) in [7, 11) is 0. The van der Waals surface area contributed by atoms with E-state index in [9.17, 15) is 5.11 Å². The molecule has 0 aliphatic heterocycles. The summed E-state index contributed by atoms with van der Waals surface area (Å²) in [6.07, 6.45) is 11.7. The van der Waals surface area contributed by atoms with E-state index in [1.54, 1.807) is 22.8 Å². The first-order valence-corrected chi connectivity index (χ1v) is 13.5. The van der Waals surface area contributed by atoms with Crippen molar-refractivity contribution in [3.8, 4) is 11.3 Å². The van der Waals surface area contributed by atoms with Crippen molar-refractivity contribution in [2.45, 2.75) is 75.9 Å². The van der Waals surface area contributed by atoms with Crippen LogP contribution in [0.1, 0.15) is 80.3 Å². The number of halogens is 2. The van der Waals surface area contributed by atoms with Crippen LogP contribution in [0, 0.1) is 17.6 Å². The quantitative estimate of drug-likeness (QED) is 0.357. The van der Waals surface area contributed by atoms with E-state index in [1.165, 1.54) is 17.7 Å². The molecule has 3 aromatic heterocycles. The molecule has 0 amide bonds. The summed E-state index contributed by atoms with van der Waals surface area (Å²) < 4.78 is 32.2. The zero-order valence-electron chi connectivity index (χ0n) is 21.6. The van der Waals surface area contributed by atoms with Crippen LogP contribution in [-0.4, -0.2) is 30.7 Å². The van der Waals surface area contributed by atoms with E-state index in [4.69, 9.17) is 5.73 Å². The lowest BCUT2D eigenvalue weighted by Crippen LogP contribution is -2.31. The van der Waals surface area contributed by atoms with Gasteiger partial charge in [0.25, 0.3) is 0 Å². The Bertz CT molecular complexity index is 1450. The van der Waals surface area contributed by atoms with Crippen molar-refractivity contribution >= 4 is 5.52 Å². The molecule has 6 rings (SSSR count). The maximum Gasteiger partial charge on any atom is 0.136 e. The molecule has 3 N–H and O–H groups in total. The lowest BCUT2D eigenvalue weighted by atomic mass is 9.75. The Balaban J connectivity index is 1.34. The van der Waals surface area contributed by atoms with Gasteiger partial charge in [0.2, 0.25) is 0 Å². The van der Waals surface area contributed by atoms with Gasteiger partial charge in [-0.25, -0.2) is 18.3 Å². The molecular formula is C30H33F2N5O. The Morgan fingerprint density at radius 2 is 1.82 bits per heavy atom. The summed E-state index contributed by atoms with van der Waals surface area (Å²) >= 11 is 0. The van der Waals surface area contributed by atoms with Crippen molar-refractivity contribution in [3.05, 3.63) is 83.1 Å². The standard InChI is InChI=1S/C30H33F2N5O/c1-18-10-19(12-22(33)11-18)24-6-9-34-16-20(24)13-28-35-17-23-4-5-27(36-37(23)28)29-25(31)14-21(15-26(29)32)30(38)7-2-3-8-30/h4-6,9,14-19,22,38H,2-3,7-8,10-13,33H2,1H3/t18-,19+,22-/m0/s1. The molecular weight excluding hydrogens is 484 g/mol. The number of fused-ring (bicyclic) bond motifs is 1. The molecule has 2 aliphatic carbocycles. The molecule has 2 saturated carbocycles. The average molecular weight is 518 g/mol. The molecule has 0 bridgehead atoms. The Labute approximate surface area is 220 Å². The number of imidazole rings is 1. The highest BCUT2D eigenvalue weighted by Crippen LogP contribution is 2.41. The molecule has 3 heterocycles. The molecule has 1 aromatic carbocycles. The van der Waals surface area contributed by atoms with Crippen molar-refractivity contribution in [1.29, 1.82) is 0 Å². The van der Waals surface area contributed by atoms with Gasteiger partial charge in [-0.05, 0) is 91.0 Å². The third-order valence-corrected chi connectivity index (χ3v) is 8.43. The second-order valence-electron chi connectivity index (χ2n) is 11.3. The maximum absolute atomic E-state index is 15.3. The highest BCUT2D eigenvalue weighted by atomic mass is 19.1. The van der Waals surface area contributed by atoms with E-state index in [0.29, 0.717) is 42.5 Å². The third kappa shape index (κ3) is 4.60. The number of nitrogens with two attached hydrogens (primary N) is 1. The topological polar surface area (TPSA) is 89.3 Å². The molecule has 198 valence electrons. The number of hydrogen-bond donors (Lipinski definition) is 2. The minimum absolute atomic E-state index is 0.176. The zero-order chi connectivity index (χ0) is 26.4. The number of hydrogen-bond acceptors (Lipinski definition) is 5. The van der Waals surface area contributed by atoms with E-state index in [2.05, 4.69) is 28.1 Å². The van der Waals surface area contributed by atoms with Crippen LogP contribution < -0.4 is 5.73 Å². The minimum Gasteiger partial charge on any atom is -0.385 e. The molecule has 0 unspecified atom stereocenters. The Hall–Kier alpha value is -3.23. The van der Waals surface area contributed by atoms with Gasteiger partial charge in [0, 0.05) is 24.9 Å². The van der Waals surface area contributed by atoms with Gasteiger partial charge in [-0.1, -0.05) is 19.8 Å². The number of pyridine rings is 1. The van der Waals surface area contributed by atoms with Crippen LogP contribution in [-0.2, 0) is 12.0 Å². The summed E-state index contributed by atoms with van der Waals surface area (Å²) in [4.78, 5) is 8.95. The minimum atomic E-state index is -1.17. The van der Waals surface area contributed by atoms with Crippen LogP contribution in [0.3, 0.4) is 0 Å². The Kier molecular flexibility index (Phi) is 6.48. The number of aliphatic hydroxyl groups is 1. The fraction of sp³-hybridized carbons (Fsp3) is 0.433. The number of nitrogens with zero attached hydrogens (tertiary/aromatic N) is 4. The van der Waals surface area contributed by atoms with Crippen LogP contribution in [0.2, 0.25) is 0 Å². The fourth-order valence-electron chi connectivity index (χ4n) is 6.59. The normalized spacial score (nSPS) is 23.2. The molecule has 4 aromatic rings. The lowest BCUT2D eigenvalue weighted by Gasteiger charge is -2.32. The van der Waals surface area contributed by atoms with Crippen molar-refractivity contribution in [3.63, 3.8) is 0 Å². The second kappa shape index (κ2) is 9.82. The van der Waals surface area contributed by atoms with Crippen LogP contribution in [0.15, 0.2) is 48.9 Å². The monoisotopic (exact) mass is 517 g/mol. The van der Waals surface area contributed by atoms with Gasteiger partial charge in [0.15, 0.2) is 0 Å². The SMILES string of the molecule is C[C@@H]1C[C@H](N)C[C@H](c2ccncc2Cc2ncc3ccc(-c4c(F)cc(C5(O)CCCC5)cc4F)nn23)C1. The molecule has 3 atom stereocenters. The van der Waals surface area contributed by atoms with Crippen LogP contribution in [0.4, 0.5) is 8.78 Å². The molecule has 0 spiro atoms. The van der Waals surface area contributed by atoms with Crippen molar-refractivity contribution in [2.24, 2.45) is 11.7 Å². The summed E-state index contributed by atoms with van der Waals surface area (Å²) in [6, 6.07) is 8.13. The van der Waals surface area contributed by atoms with E-state index in [-0.39, 0.29) is 17.3 Å². The van der Waals surface area contributed by atoms with Gasteiger partial charge < -0.3 is 10.8 Å². The van der Waals surface area contributed by atoms with Gasteiger partial charge in [0.05, 0.1) is 28.6 Å². The van der Waals surface area contributed by atoms with Crippen LogP contribution >= 0.6 is 0 Å². The number of rotatable bonds is 5. The van der Waals surface area contributed by atoms with Gasteiger partial charge in [-0.15, -0.1) is 0 Å². The van der Waals surface area contributed by atoms with E-state index < -0.39 is 17.2 Å². The fourth-order valence-corrected chi connectivity index (χ4v) is 6.59. The van der Waals surface area contributed by atoms with E-state index in [1.807, 2.05) is 12.4 Å². The molecule has 2 aliphatic rings. The van der Waals surface area contributed by atoms with Crippen LogP contribution in [0.5, 0.6) is 0 Å². The second-order valence-corrected chi connectivity index (χ2v) is 11.3. The zero-order valence-corrected chi connectivity index (χ0v) is 21.6. The average Bonchev–Trinajstić information content (AvgIpc) is 3.50. The number of benzene rings is 1. The first-order valence-electron chi connectivity index (χ1n) is 13.5. The van der Waals surface area contributed by atoms with Crippen LogP contribution in [0.25, 0.3) is 16.8 Å². The lowest BCUT2D eigenvalue weighted by molar-refractivity contribution is 0.0438. The van der Waals surface area contributed by atoms with Gasteiger partial charge in [-0.3, -0.25) is 4.98 Å². The summed E-state index contributed by atoms with van der Waals surface area (Å²) in [5.41, 5.74) is 8.46. The molecule has 6 nitrogen and oxygen atoms in total. The summed E-state index contributed by atoms with van der Waals surface area (Å²) in [5.74, 6) is 0.129. The predicted octanol–water partition coefficient (Wildman–Crippen LogP) is 5.65. The van der Waals surface area contributed by atoms with Gasteiger partial charge in [0.1, 0.15) is 17.5 Å². The highest BCUT2D eigenvalue weighted by molar-refractivity contribution is 5.63. The number of aromatic nitrogens is 4. The summed E-state index contributed by atoms with van der Waals surface area (Å²) in [6.45, 7) is 2.25. The van der Waals surface area contributed by atoms with Gasteiger partial charge in [-0.2, -0.15) is 5.10 Å². The van der Waals surface area contributed by atoms with E-state index >= 15 is 8.78 Å². The Morgan fingerprint density at radius 3 is 2.55 bits per heavy atom. The van der Waals surface area contributed by atoms with Gasteiger partial charge >= 0.3 is 0 Å². The highest BCUT2D eigenvalue weighted by Gasteiger charge is 2.34. The molecule has 2 fully saturated rings. The largest absolute Gasteiger partial charge is 0.385 e. The third-order valence-electron chi connectivity index (χ3n) is 8.43. The molecule has 0 saturated heterocycles. The van der Waals surface area contributed by atoms with Crippen molar-refractivity contribution in [1.82, 2.24) is 19.6 Å². The first-order chi connectivity index (χ1) is 18.3. The first kappa shape index (κ1) is 25.1. The van der Waals surface area contributed by atoms with Crippen molar-refractivity contribution in [2.75, 3.05) is 0 Å². The predicted molar refractivity (Wildman–Crippen MR) is 141 cm³/mol. The van der Waals surface area contributed by atoms with E-state index in [0.717, 1.165) is 43.2 Å². The maximum atomic E-state index is 15.3. The molecule has 8 heteroatoms. The molecule has 38 heavy (non-hydrogen) atoms. The van der Waals surface area contributed by atoms with Crippen molar-refractivity contribution < 1.29 is 13.9 Å². The smallest absolute Gasteiger partial charge is 0.136 e. The molecule has 0 radical (unpaired) electrons. The Morgan fingerprint density at radius 1 is 1.05 bits per heavy atom.